The van der Waals surface area contributed by atoms with Gasteiger partial charge in [-0.2, -0.15) is 0 Å². The minimum absolute atomic E-state index is 0.0348. The van der Waals surface area contributed by atoms with Crippen LogP contribution < -0.4 is 0 Å². The van der Waals surface area contributed by atoms with Crippen molar-refractivity contribution in [1.82, 2.24) is 0 Å². The van der Waals surface area contributed by atoms with E-state index in [1.807, 2.05) is 6.07 Å². The molecule has 4 heteroatoms. The maximum atomic E-state index is 12.6. The van der Waals surface area contributed by atoms with Crippen molar-refractivity contribution in [1.29, 1.82) is 0 Å². The zero-order chi connectivity index (χ0) is 14.1. The number of hydrogen-bond donors (Lipinski definition) is 1. The molecular weight excluding hydrogens is 272 g/mol. The highest BCUT2D eigenvalue weighted by Crippen LogP contribution is 2.33. The first kappa shape index (κ1) is 13.1. The topological polar surface area (TPSA) is 54.4 Å². The van der Waals surface area contributed by atoms with Crippen LogP contribution in [0.25, 0.3) is 0 Å². The van der Waals surface area contributed by atoms with Crippen LogP contribution in [-0.2, 0) is 0 Å². The van der Waals surface area contributed by atoms with E-state index in [1.165, 1.54) is 11.8 Å². The Morgan fingerprint density at radius 1 is 0.850 bits per heavy atom. The van der Waals surface area contributed by atoms with E-state index in [0.29, 0.717) is 28.0 Å². The number of hydrogen-bond acceptors (Lipinski definition) is 4. The number of carbonyl (C=O) groups is 2. The lowest BCUT2D eigenvalue weighted by atomic mass is 9.84. The van der Waals surface area contributed by atoms with E-state index >= 15 is 0 Å². The van der Waals surface area contributed by atoms with Gasteiger partial charge in [-0.1, -0.05) is 36.4 Å². The molecule has 1 aliphatic carbocycles. The Kier molecular flexibility index (Phi) is 3.42. The molecule has 2 aromatic carbocycles. The molecule has 100 valence electrons. The van der Waals surface area contributed by atoms with Crippen molar-refractivity contribution < 1.29 is 14.7 Å². The monoisotopic (exact) mass is 284 g/mol. The van der Waals surface area contributed by atoms with E-state index < -0.39 is 0 Å². The molecular formula is C16H12O3S. The second kappa shape index (κ2) is 5.23. The van der Waals surface area contributed by atoms with Gasteiger partial charge in [0.05, 0.1) is 6.61 Å². The maximum Gasteiger partial charge on any atom is 0.195 e. The van der Waals surface area contributed by atoms with Crippen LogP contribution in [-0.4, -0.2) is 29.0 Å². The van der Waals surface area contributed by atoms with E-state index in [4.69, 9.17) is 5.11 Å². The molecule has 0 amide bonds. The molecule has 3 nitrogen and oxygen atoms in total. The molecule has 2 aromatic rings. The molecule has 0 heterocycles. The van der Waals surface area contributed by atoms with Gasteiger partial charge in [0, 0.05) is 32.9 Å². The predicted molar refractivity (Wildman–Crippen MR) is 77.6 cm³/mol. The summed E-state index contributed by atoms with van der Waals surface area (Å²) in [5.41, 5.74) is 1.85. The highest BCUT2D eigenvalue weighted by atomic mass is 32.2. The van der Waals surface area contributed by atoms with Crippen molar-refractivity contribution in [2.75, 3.05) is 12.4 Å². The third-order valence-electron chi connectivity index (χ3n) is 3.26. The Hall–Kier alpha value is -1.91. The SMILES string of the molecule is O=C1c2ccccc2C(=O)c2c(SCCO)cccc21. The first-order valence-corrected chi connectivity index (χ1v) is 7.27. The molecule has 0 aliphatic heterocycles. The molecule has 20 heavy (non-hydrogen) atoms. The molecule has 0 saturated carbocycles. The molecule has 1 N–H and O–H groups in total. The Morgan fingerprint density at radius 2 is 1.50 bits per heavy atom. The number of ketones is 2. The number of rotatable bonds is 3. The maximum absolute atomic E-state index is 12.6. The Bertz CT molecular complexity index is 707. The summed E-state index contributed by atoms with van der Waals surface area (Å²) in [5.74, 6) is 0.275. The Balaban J connectivity index is 2.18. The third-order valence-corrected chi connectivity index (χ3v) is 4.30. The molecule has 0 aromatic heterocycles. The van der Waals surface area contributed by atoms with E-state index in [1.54, 1.807) is 36.4 Å². The lowest BCUT2D eigenvalue weighted by molar-refractivity contribution is 0.0977. The fourth-order valence-electron chi connectivity index (χ4n) is 2.39. The largest absolute Gasteiger partial charge is 0.396 e. The normalized spacial score (nSPS) is 13.1. The van der Waals surface area contributed by atoms with Crippen molar-refractivity contribution in [3.63, 3.8) is 0 Å². The molecule has 0 saturated heterocycles. The lowest BCUT2D eigenvalue weighted by Gasteiger charge is -2.19. The smallest absolute Gasteiger partial charge is 0.195 e. The van der Waals surface area contributed by atoms with Gasteiger partial charge in [-0.25, -0.2) is 0 Å². The average Bonchev–Trinajstić information content (AvgIpc) is 2.50. The van der Waals surface area contributed by atoms with Crippen LogP contribution in [0.3, 0.4) is 0 Å². The number of carbonyl (C=O) groups excluding carboxylic acids is 2. The van der Waals surface area contributed by atoms with E-state index in [9.17, 15) is 9.59 Å². The van der Waals surface area contributed by atoms with Gasteiger partial charge in [0.2, 0.25) is 0 Å². The van der Waals surface area contributed by atoms with Gasteiger partial charge < -0.3 is 5.11 Å². The summed E-state index contributed by atoms with van der Waals surface area (Å²) in [4.78, 5) is 25.8. The molecule has 0 bridgehead atoms. The van der Waals surface area contributed by atoms with Crippen molar-refractivity contribution in [3.05, 3.63) is 64.7 Å². The van der Waals surface area contributed by atoms with E-state index in [-0.39, 0.29) is 18.2 Å². The summed E-state index contributed by atoms with van der Waals surface area (Å²) in [6.07, 6.45) is 0. The van der Waals surface area contributed by atoms with Gasteiger partial charge in [0.25, 0.3) is 0 Å². The van der Waals surface area contributed by atoms with Gasteiger partial charge in [-0.05, 0) is 6.07 Å². The summed E-state index contributed by atoms with van der Waals surface area (Å²) >= 11 is 1.39. The van der Waals surface area contributed by atoms with Crippen LogP contribution >= 0.6 is 11.8 Å². The van der Waals surface area contributed by atoms with Gasteiger partial charge in [-0.3, -0.25) is 9.59 Å². The first-order chi connectivity index (χ1) is 9.74. The number of aliphatic hydroxyl groups is 1. The summed E-state index contributed by atoms with van der Waals surface area (Å²) in [7, 11) is 0. The van der Waals surface area contributed by atoms with Gasteiger partial charge in [-0.15, -0.1) is 11.8 Å². The zero-order valence-corrected chi connectivity index (χ0v) is 11.4. The van der Waals surface area contributed by atoms with Crippen LogP contribution in [0.4, 0.5) is 0 Å². The van der Waals surface area contributed by atoms with Crippen molar-refractivity contribution in [3.8, 4) is 0 Å². The molecule has 1 aliphatic rings. The minimum Gasteiger partial charge on any atom is -0.396 e. The number of fused-ring (bicyclic) bond motifs is 2. The lowest BCUT2D eigenvalue weighted by Crippen LogP contribution is -2.21. The number of thioether (sulfide) groups is 1. The summed E-state index contributed by atoms with van der Waals surface area (Å²) in [6, 6.07) is 12.2. The van der Waals surface area contributed by atoms with E-state index in [0.717, 1.165) is 4.90 Å². The van der Waals surface area contributed by atoms with E-state index in [2.05, 4.69) is 0 Å². The van der Waals surface area contributed by atoms with Crippen LogP contribution in [0.5, 0.6) is 0 Å². The highest BCUT2D eigenvalue weighted by molar-refractivity contribution is 7.99. The van der Waals surface area contributed by atoms with Crippen molar-refractivity contribution >= 4 is 23.3 Å². The molecule has 0 atom stereocenters. The minimum atomic E-state index is -0.115. The summed E-state index contributed by atoms with van der Waals surface area (Å²) < 4.78 is 0. The second-order valence-electron chi connectivity index (χ2n) is 4.45. The predicted octanol–water partition coefficient (Wildman–Crippen LogP) is 2.55. The Labute approximate surface area is 120 Å². The average molecular weight is 284 g/mol. The summed E-state index contributed by atoms with van der Waals surface area (Å²) in [5, 5.41) is 8.93. The first-order valence-electron chi connectivity index (χ1n) is 6.29. The number of benzene rings is 2. The Morgan fingerprint density at radius 3 is 2.20 bits per heavy atom. The number of aliphatic hydroxyl groups excluding tert-OH is 1. The highest BCUT2D eigenvalue weighted by Gasteiger charge is 2.31. The molecule has 0 unspecified atom stereocenters. The standard InChI is InChI=1S/C16H12O3S/c17-8-9-20-13-7-3-6-12-14(13)16(19)11-5-2-1-4-10(11)15(12)18/h1-7,17H,8-9H2. The molecule has 0 fully saturated rings. The fourth-order valence-corrected chi connectivity index (χ4v) is 3.22. The van der Waals surface area contributed by atoms with Crippen LogP contribution in [0.1, 0.15) is 31.8 Å². The van der Waals surface area contributed by atoms with Crippen LogP contribution in [0, 0.1) is 0 Å². The van der Waals surface area contributed by atoms with Crippen LogP contribution in [0.2, 0.25) is 0 Å². The van der Waals surface area contributed by atoms with Crippen molar-refractivity contribution in [2.24, 2.45) is 0 Å². The van der Waals surface area contributed by atoms with Crippen LogP contribution in [0.15, 0.2) is 47.4 Å². The zero-order valence-electron chi connectivity index (χ0n) is 10.6. The summed E-state index contributed by atoms with van der Waals surface area (Å²) in [6.45, 7) is 0.0348. The second-order valence-corrected chi connectivity index (χ2v) is 5.59. The van der Waals surface area contributed by atoms with Gasteiger partial charge in [0.15, 0.2) is 11.6 Å². The third kappa shape index (κ3) is 1.97. The quantitative estimate of drug-likeness (QED) is 0.751. The molecule has 3 rings (SSSR count). The fraction of sp³-hybridized carbons (Fsp3) is 0.125. The van der Waals surface area contributed by atoms with Gasteiger partial charge in [0.1, 0.15) is 0 Å². The van der Waals surface area contributed by atoms with Crippen molar-refractivity contribution in [2.45, 2.75) is 4.90 Å². The van der Waals surface area contributed by atoms with Gasteiger partial charge >= 0.3 is 0 Å². The molecule has 0 radical (unpaired) electrons. The molecule has 0 spiro atoms.